The van der Waals surface area contributed by atoms with E-state index < -0.39 is 5.97 Å². The van der Waals surface area contributed by atoms with Crippen molar-refractivity contribution >= 4 is 33.9 Å². The van der Waals surface area contributed by atoms with E-state index in [2.05, 4.69) is 10.3 Å². The number of hydrogen-bond acceptors (Lipinski definition) is 5. The fourth-order valence-electron chi connectivity index (χ4n) is 1.34. The van der Waals surface area contributed by atoms with Gasteiger partial charge in [-0.15, -0.1) is 0 Å². The van der Waals surface area contributed by atoms with Gasteiger partial charge in [0.25, 0.3) is 0 Å². The number of ketones is 1. The van der Waals surface area contributed by atoms with Crippen LogP contribution >= 0.6 is 11.3 Å². The van der Waals surface area contributed by atoms with E-state index in [0.29, 0.717) is 10.7 Å². The summed E-state index contributed by atoms with van der Waals surface area (Å²) in [5, 5.41) is 12.2. The fraction of sp³-hybridized carbons (Fsp3) is 0.0833. The molecule has 2 aromatic rings. The van der Waals surface area contributed by atoms with Gasteiger partial charge in [0.2, 0.25) is 0 Å². The first-order valence-corrected chi connectivity index (χ1v) is 5.95. The van der Waals surface area contributed by atoms with Crippen molar-refractivity contribution in [3.8, 4) is 0 Å². The summed E-state index contributed by atoms with van der Waals surface area (Å²) in [6.07, 6.45) is 1.30. The lowest BCUT2D eigenvalue weighted by Gasteiger charge is -2.02. The number of anilines is 2. The van der Waals surface area contributed by atoms with Crippen LogP contribution in [0.25, 0.3) is 0 Å². The highest BCUT2D eigenvalue weighted by atomic mass is 32.1. The second-order valence-electron chi connectivity index (χ2n) is 3.59. The normalized spacial score (nSPS) is 10.1. The number of nitrogens with zero attached hydrogens (tertiary/aromatic N) is 1. The van der Waals surface area contributed by atoms with Gasteiger partial charge in [-0.3, -0.25) is 4.79 Å². The zero-order chi connectivity index (χ0) is 13.1. The maximum Gasteiger partial charge on any atom is 0.347 e. The maximum absolute atomic E-state index is 11.1. The minimum Gasteiger partial charge on any atom is -0.477 e. The Morgan fingerprint density at radius 3 is 2.44 bits per heavy atom. The van der Waals surface area contributed by atoms with Gasteiger partial charge < -0.3 is 10.4 Å². The molecule has 2 N–H and O–H groups in total. The van der Waals surface area contributed by atoms with Crippen LogP contribution in [0, 0.1) is 0 Å². The van der Waals surface area contributed by atoms with Gasteiger partial charge in [-0.2, -0.15) is 0 Å². The van der Waals surface area contributed by atoms with Gasteiger partial charge in [-0.25, -0.2) is 9.78 Å². The molecule has 0 radical (unpaired) electrons. The van der Waals surface area contributed by atoms with Crippen molar-refractivity contribution in [2.45, 2.75) is 6.92 Å². The van der Waals surface area contributed by atoms with Crippen molar-refractivity contribution in [1.82, 2.24) is 4.98 Å². The molecular formula is C12H10N2O3S. The van der Waals surface area contributed by atoms with Crippen molar-refractivity contribution in [1.29, 1.82) is 0 Å². The Balaban J connectivity index is 2.13. The van der Waals surface area contributed by atoms with Gasteiger partial charge in [0.15, 0.2) is 10.9 Å². The van der Waals surface area contributed by atoms with Crippen LogP contribution in [-0.2, 0) is 0 Å². The summed E-state index contributed by atoms with van der Waals surface area (Å²) in [5.74, 6) is -0.989. The van der Waals surface area contributed by atoms with Crippen molar-refractivity contribution < 1.29 is 14.7 Å². The zero-order valence-electron chi connectivity index (χ0n) is 9.51. The molecule has 2 rings (SSSR count). The van der Waals surface area contributed by atoms with E-state index in [1.54, 1.807) is 24.3 Å². The molecule has 0 atom stereocenters. The van der Waals surface area contributed by atoms with Crippen LogP contribution < -0.4 is 5.32 Å². The van der Waals surface area contributed by atoms with Crippen LogP contribution in [0.15, 0.2) is 30.5 Å². The molecule has 0 aliphatic heterocycles. The molecule has 1 aromatic carbocycles. The molecule has 0 fully saturated rings. The number of thiazole rings is 1. The quantitative estimate of drug-likeness (QED) is 0.828. The van der Waals surface area contributed by atoms with Crippen LogP contribution in [0.1, 0.15) is 27.0 Å². The van der Waals surface area contributed by atoms with Crippen molar-refractivity contribution in [3.05, 3.63) is 40.9 Å². The van der Waals surface area contributed by atoms with E-state index in [-0.39, 0.29) is 10.7 Å². The molecule has 5 nitrogen and oxygen atoms in total. The first kappa shape index (κ1) is 12.3. The maximum atomic E-state index is 11.1. The standard InChI is InChI=1S/C12H10N2O3S/c1-7(15)8-2-4-9(5-3-8)14-12-13-6-10(18-12)11(16)17/h2-6H,1H3,(H,13,14)(H,16,17). The Morgan fingerprint density at radius 2 is 1.94 bits per heavy atom. The van der Waals surface area contributed by atoms with E-state index in [1.165, 1.54) is 13.1 Å². The SMILES string of the molecule is CC(=O)c1ccc(Nc2ncc(C(=O)O)s2)cc1. The molecule has 0 bridgehead atoms. The van der Waals surface area contributed by atoms with Gasteiger partial charge in [0.05, 0.1) is 6.20 Å². The molecule has 0 aliphatic carbocycles. The number of carbonyl (C=O) groups is 2. The number of nitrogens with one attached hydrogen (secondary N) is 1. The lowest BCUT2D eigenvalue weighted by atomic mass is 10.1. The van der Waals surface area contributed by atoms with Gasteiger partial charge in [-0.05, 0) is 31.2 Å². The molecule has 1 heterocycles. The third kappa shape index (κ3) is 2.72. The first-order valence-electron chi connectivity index (χ1n) is 5.13. The summed E-state index contributed by atoms with van der Waals surface area (Å²) in [4.78, 5) is 25.9. The Morgan fingerprint density at radius 1 is 1.28 bits per heavy atom. The van der Waals surface area contributed by atoms with Gasteiger partial charge >= 0.3 is 5.97 Å². The van der Waals surface area contributed by atoms with Gasteiger partial charge in [0, 0.05) is 11.3 Å². The zero-order valence-corrected chi connectivity index (χ0v) is 10.3. The average molecular weight is 262 g/mol. The third-order valence-electron chi connectivity index (χ3n) is 2.26. The van der Waals surface area contributed by atoms with Crippen LogP contribution in [0.3, 0.4) is 0 Å². The number of carboxylic acids is 1. The Bertz CT molecular complexity index is 590. The Labute approximate surface area is 107 Å². The third-order valence-corrected chi connectivity index (χ3v) is 3.16. The van der Waals surface area contributed by atoms with Crippen LogP contribution in [0.5, 0.6) is 0 Å². The van der Waals surface area contributed by atoms with E-state index >= 15 is 0 Å². The highest BCUT2D eigenvalue weighted by Gasteiger charge is 2.08. The number of benzene rings is 1. The highest BCUT2D eigenvalue weighted by Crippen LogP contribution is 2.22. The van der Waals surface area contributed by atoms with E-state index in [9.17, 15) is 9.59 Å². The molecule has 1 aromatic heterocycles. The molecule has 0 unspecified atom stereocenters. The number of hydrogen-bond donors (Lipinski definition) is 2. The Hall–Kier alpha value is -2.21. The van der Waals surface area contributed by atoms with Crippen LogP contribution in [0.2, 0.25) is 0 Å². The predicted octanol–water partition coefficient (Wildman–Crippen LogP) is 2.79. The number of carboxylic acid groups (broad SMARTS) is 1. The van der Waals surface area contributed by atoms with E-state index in [0.717, 1.165) is 17.0 Å². The number of aromatic carboxylic acids is 1. The summed E-state index contributed by atoms with van der Waals surface area (Å²) in [6.45, 7) is 1.50. The molecule has 0 aliphatic rings. The second-order valence-corrected chi connectivity index (χ2v) is 4.62. The largest absolute Gasteiger partial charge is 0.477 e. The molecule has 0 saturated carbocycles. The summed E-state index contributed by atoms with van der Waals surface area (Å²) in [7, 11) is 0. The lowest BCUT2D eigenvalue weighted by Crippen LogP contribution is -1.93. The summed E-state index contributed by atoms with van der Waals surface area (Å²) in [6, 6.07) is 6.91. The molecule has 0 saturated heterocycles. The minimum atomic E-state index is -0.993. The molecule has 0 spiro atoms. The number of rotatable bonds is 4. The van der Waals surface area contributed by atoms with Crippen molar-refractivity contribution in [2.75, 3.05) is 5.32 Å². The van der Waals surface area contributed by atoms with Gasteiger partial charge in [0.1, 0.15) is 4.88 Å². The van der Waals surface area contributed by atoms with E-state index in [1.807, 2.05) is 0 Å². The molecule has 18 heavy (non-hydrogen) atoms. The predicted molar refractivity (Wildman–Crippen MR) is 68.8 cm³/mol. The fourth-order valence-corrected chi connectivity index (χ4v) is 2.02. The average Bonchev–Trinajstić information content (AvgIpc) is 2.78. The number of aromatic nitrogens is 1. The topological polar surface area (TPSA) is 79.3 Å². The first-order chi connectivity index (χ1) is 8.56. The molecular weight excluding hydrogens is 252 g/mol. The summed E-state index contributed by atoms with van der Waals surface area (Å²) < 4.78 is 0. The summed E-state index contributed by atoms with van der Waals surface area (Å²) in [5.41, 5.74) is 1.39. The van der Waals surface area contributed by atoms with Gasteiger partial charge in [-0.1, -0.05) is 11.3 Å². The number of Topliss-reactive ketones (excluding diaryl/α,β-unsaturated/α-hetero) is 1. The molecule has 0 amide bonds. The van der Waals surface area contributed by atoms with Crippen LogP contribution in [0.4, 0.5) is 10.8 Å². The lowest BCUT2D eigenvalue weighted by molar-refractivity contribution is 0.0701. The highest BCUT2D eigenvalue weighted by molar-refractivity contribution is 7.17. The van der Waals surface area contributed by atoms with Crippen LogP contribution in [-0.4, -0.2) is 21.8 Å². The smallest absolute Gasteiger partial charge is 0.347 e. The Kier molecular flexibility index (Phi) is 3.38. The van der Waals surface area contributed by atoms with Crippen molar-refractivity contribution in [2.24, 2.45) is 0 Å². The second kappa shape index (κ2) is 4.97. The monoisotopic (exact) mass is 262 g/mol. The molecule has 92 valence electrons. The minimum absolute atomic E-state index is 0.00367. The van der Waals surface area contributed by atoms with E-state index in [4.69, 9.17) is 5.11 Å². The number of carbonyl (C=O) groups excluding carboxylic acids is 1. The van der Waals surface area contributed by atoms with Crippen molar-refractivity contribution in [3.63, 3.8) is 0 Å². The molecule has 6 heteroatoms. The summed E-state index contributed by atoms with van der Waals surface area (Å²) >= 11 is 1.06.